The Hall–Kier alpha value is -1.01. The van der Waals surface area contributed by atoms with Gasteiger partial charge in [0, 0.05) is 12.0 Å². The second-order valence-electron chi connectivity index (χ2n) is 3.52. The molecule has 1 rings (SSSR count). The molecule has 0 aromatic rings. The van der Waals surface area contributed by atoms with Crippen LogP contribution in [0.4, 0.5) is 0 Å². The topological polar surface area (TPSA) is 40.5 Å². The summed E-state index contributed by atoms with van der Waals surface area (Å²) >= 11 is 0. The lowest BCUT2D eigenvalue weighted by Crippen LogP contribution is -2.26. The van der Waals surface area contributed by atoms with Gasteiger partial charge < -0.3 is 10.0 Å². The SMILES string of the molecule is CC#CC(=O)O.CC(C)N1CCCC1. The molecule has 0 saturated carbocycles. The van der Waals surface area contributed by atoms with Crippen LogP contribution in [0.1, 0.15) is 33.6 Å². The Morgan fingerprint density at radius 3 is 2.00 bits per heavy atom. The van der Waals surface area contributed by atoms with Crippen LogP contribution in [0.5, 0.6) is 0 Å². The Bertz CT molecular complexity index is 219. The molecule has 0 bridgehead atoms. The van der Waals surface area contributed by atoms with Crippen molar-refractivity contribution in [1.29, 1.82) is 0 Å². The monoisotopic (exact) mass is 197 g/mol. The van der Waals surface area contributed by atoms with Crippen molar-refractivity contribution in [1.82, 2.24) is 4.90 Å². The summed E-state index contributed by atoms with van der Waals surface area (Å²) in [5.74, 6) is 3.02. The van der Waals surface area contributed by atoms with Crippen LogP contribution in [0.2, 0.25) is 0 Å². The Kier molecular flexibility index (Phi) is 6.87. The van der Waals surface area contributed by atoms with Crippen LogP contribution >= 0.6 is 0 Å². The van der Waals surface area contributed by atoms with E-state index in [1.54, 1.807) is 0 Å². The highest BCUT2D eigenvalue weighted by atomic mass is 16.4. The quantitative estimate of drug-likeness (QED) is 0.649. The molecule has 0 unspecified atom stereocenters. The van der Waals surface area contributed by atoms with Gasteiger partial charge in [0.1, 0.15) is 0 Å². The normalized spacial score (nSPS) is 15.4. The van der Waals surface area contributed by atoms with Crippen molar-refractivity contribution in [2.24, 2.45) is 0 Å². The molecule has 80 valence electrons. The van der Waals surface area contributed by atoms with Gasteiger partial charge >= 0.3 is 5.97 Å². The Balaban J connectivity index is 0.000000255. The summed E-state index contributed by atoms with van der Waals surface area (Å²) in [4.78, 5) is 12.0. The summed E-state index contributed by atoms with van der Waals surface area (Å²) in [6, 6.07) is 0.775. The number of likely N-dealkylation sites (tertiary alicyclic amines) is 1. The molecule has 0 spiro atoms. The number of hydrogen-bond acceptors (Lipinski definition) is 2. The largest absolute Gasteiger partial charge is 0.472 e. The second-order valence-corrected chi connectivity index (χ2v) is 3.52. The van der Waals surface area contributed by atoms with Crippen LogP contribution in [0, 0.1) is 11.8 Å². The van der Waals surface area contributed by atoms with Crippen LogP contribution in [0.3, 0.4) is 0 Å². The zero-order valence-corrected chi connectivity index (χ0v) is 9.21. The molecule has 1 saturated heterocycles. The predicted octanol–water partition coefficient (Wildman–Crippen LogP) is 1.58. The summed E-state index contributed by atoms with van der Waals surface area (Å²) in [5.41, 5.74) is 0. The average molecular weight is 197 g/mol. The maximum atomic E-state index is 9.43. The summed E-state index contributed by atoms with van der Waals surface area (Å²) in [6.07, 6.45) is 2.83. The molecule has 0 amide bonds. The summed E-state index contributed by atoms with van der Waals surface area (Å²) in [6.45, 7) is 8.68. The lowest BCUT2D eigenvalue weighted by molar-refractivity contribution is -0.130. The number of hydrogen-bond donors (Lipinski definition) is 1. The van der Waals surface area contributed by atoms with Crippen molar-refractivity contribution >= 4 is 5.97 Å². The molecular formula is C11H19NO2. The van der Waals surface area contributed by atoms with Gasteiger partial charge in [-0.15, -0.1) is 0 Å². The molecule has 0 aliphatic carbocycles. The number of aliphatic carboxylic acids is 1. The van der Waals surface area contributed by atoms with E-state index in [1.165, 1.54) is 32.9 Å². The maximum Gasteiger partial charge on any atom is 0.381 e. The molecule has 14 heavy (non-hydrogen) atoms. The number of carboxylic acid groups (broad SMARTS) is 1. The predicted molar refractivity (Wildman–Crippen MR) is 57.0 cm³/mol. The van der Waals surface area contributed by atoms with Gasteiger partial charge in [0.05, 0.1) is 0 Å². The molecule has 1 aliphatic rings. The van der Waals surface area contributed by atoms with E-state index in [0.717, 1.165) is 6.04 Å². The summed E-state index contributed by atoms with van der Waals surface area (Å²) in [5, 5.41) is 7.74. The van der Waals surface area contributed by atoms with E-state index in [9.17, 15) is 4.79 Å². The number of carboxylic acids is 1. The van der Waals surface area contributed by atoms with E-state index in [0.29, 0.717) is 0 Å². The van der Waals surface area contributed by atoms with Crippen molar-refractivity contribution in [2.75, 3.05) is 13.1 Å². The van der Waals surface area contributed by atoms with Gasteiger partial charge in [0.15, 0.2) is 0 Å². The van der Waals surface area contributed by atoms with Gasteiger partial charge in [-0.25, -0.2) is 4.79 Å². The van der Waals surface area contributed by atoms with Crippen LogP contribution in [-0.2, 0) is 4.79 Å². The smallest absolute Gasteiger partial charge is 0.381 e. The highest BCUT2D eigenvalue weighted by Crippen LogP contribution is 2.09. The van der Waals surface area contributed by atoms with Crippen LogP contribution in [-0.4, -0.2) is 35.1 Å². The van der Waals surface area contributed by atoms with Crippen molar-refractivity contribution in [2.45, 2.75) is 39.7 Å². The van der Waals surface area contributed by atoms with Gasteiger partial charge in [-0.05, 0) is 46.7 Å². The van der Waals surface area contributed by atoms with Crippen LogP contribution in [0.15, 0.2) is 0 Å². The number of carbonyl (C=O) groups is 1. The van der Waals surface area contributed by atoms with Gasteiger partial charge in [0.2, 0.25) is 0 Å². The Labute approximate surface area is 86.1 Å². The van der Waals surface area contributed by atoms with Gasteiger partial charge in [-0.1, -0.05) is 5.92 Å². The first-order valence-electron chi connectivity index (χ1n) is 4.97. The molecular weight excluding hydrogens is 178 g/mol. The molecule has 0 radical (unpaired) electrons. The lowest BCUT2D eigenvalue weighted by atomic mass is 10.3. The average Bonchev–Trinajstić information content (AvgIpc) is 2.56. The highest BCUT2D eigenvalue weighted by Gasteiger charge is 2.13. The highest BCUT2D eigenvalue weighted by molar-refractivity contribution is 5.86. The van der Waals surface area contributed by atoms with Crippen molar-refractivity contribution < 1.29 is 9.90 Å². The minimum atomic E-state index is -1.07. The fourth-order valence-electron chi connectivity index (χ4n) is 1.36. The lowest BCUT2D eigenvalue weighted by Gasteiger charge is -2.18. The first-order chi connectivity index (χ1) is 6.57. The minimum Gasteiger partial charge on any atom is -0.472 e. The van der Waals surface area contributed by atoms with Crippen molar-refractivity contribution in [3.63, 3.8) is 0 Å². The minimum absolute atomic E-state index is 0.775. The third-order valence-corrected chi connectivity index (χ3v) is 2.10. The van der Waals surface area contributed by atoms with Crippen LogP contribution in [0.25, 0.3) is 0 Å². The zero-order valence-electron chi connectivity index (χ0n) is 9.21. The van der Waals surface area contributed by atoms with E-state index < -0.39 is 5.97 Å². The number of nitrogens with zero attached hydrogens (tertiary/aromatic N) is 1. The standard InChI is InChI=1S/C7H15N.C4H4O2/c1-7(2)8-5-3-4-6-8;1-2-3-4(5)6/h7H,3-6H2,1-2H3;1H3,(H,5,6). The number of rotatable bonds is 1. The summed E-state index contributed by atoms with van der Waals surface area (Å²) in [7, 11) is 0. The maximum absolute atomic E-state index is 9.43. The third kappa shape index (κ3) is 6.50. The van der Waals surface area contributed by atoms with Crippen molar-refractivity contribution in [3.8, 4) is 11.8 Å². The molecule has 1 N–H and O–H groups in total. The van der Waals surface area contributed by atoms with Gasteiger partial charge in [-0.3, -0.25) is 0 Å². The van der Waals surface area contributed by atoms with Gasteiger partial charge in [0.25, 0.3) is 0 Å². The Morgan fingerprint density at radius 1 is 1.36 bits per heavy atom. The molecule has 3 heteroatoms. The van der Waals surface area contributed by atoms with E-state index in [4.69, 9.17) is 5.11 Å². The molecule has 1 aliphatic heterocycles. The zero-order chi connectivity index (χ0) is 11.0. The third-order valence-electron chi connectivity index (χ3n) is 2.10. The summed E-state index contributed by atoms with van der Waals surface area (Å²) < 4.78 is 0. The first kappa shape index (κ1) is 13.0. The van der Waals surface area contributed by atoms with Crippen LogP contribution < -0.4 is 0 Å². The van der Waals surface area contributed by atoms with Crippen molar-refractivity contribution in [3.05, 3.63) is 0 Å². The molecule has 0 aromatic heterocycles. The molecule has 1 fully saturated rings. The second kappa shape index (κ2) is 7.40. The van der Waals surface area contributed by atoms with E-state index >= 15 is 0 Å². The van der Waals surface area contributed by atoms with E-state index in [2.05, 4.69) is 24.7 Å². The van der Waals surface area contributed by atoms with Gasteiger partial charge in [-0.2, -0.15) is 0 Å². The fourth-order valence-corrected chi connectivity index (χ4v) is 1.36. The van der Waals surface area contributed by atoms with E-state index in [1.807, 2.05) is 5.92 Å². The first-order valence-corrected chi connectivity index (χ1v) is 4.97. The Morgan fingerprint density at radius 2 is 1.86 bits per heavy atom. The molecule has 0 atom stereocenters. The molecule has 0 aromatic carbocycles. The molecule has 3 nitrogen and oxygen atoms in total. The molecule has 1 heterocycles. The van der Waals surface area contributed by atoms with E-state index in [-0.39, 0.29) is 0 Å². The fraction of sp³-hybridized carbons (Fsp3) is 0.727.